The van der Waals surface area contributed by atoms with Crippen LogP contribution in [-0.2, 0) is 0 Å². The minimum atomic E-state index is 0.918. The van der Waals surface area contributed by atoms with Crippen LogP contribution in [0.5, 0.6) is 0 Å². The molecule has 0 spiro atoms. The molecule has 0 aliphatic rings. The average Bonchev–Trinajstić information content (AvgIpc) is 2.05. The van der Waals surface area contributed by atoms with Crippen LogP contribution in [0.2, 0.25) is 0 Å². The second kappa shape index (κ2) is 6.60. The quantitative estimate of drug-likeness (QED) is 0.412. The number of nitrogens with zero attached hydrogens (tertiary/aromatic N) is 1. The van der Waals surface area contributed by atoms with Gasteiger partial charge in [0.05, 0.1) is 0 Å². The van der Waals surface area contributed by atoms with Crippen LogP contribution >= 0.6 is 0 Å². The van der Waals surface area contributed by atoms with Crippen molar-refractivity contribution >= 4 is 0 Å². The van der Waals surface area contributed by atoms with E-state index >= 15 is 0 Å². The monoisotopic (exact) mass is 145 g/mol. The lowest BCUT2D eigenvalue weighted by Crippen LogP contribution is -2.15. The van der Waals surface area contributed by atoms with Crippen LogP contribution in [0, 0.1) is 36.1 Å². The molecule has 0 saturated heterocycles. The molecule has 0 aromatic heterocycles. The van der Waals surface area contributed by atoms with E-state index in [-0.39, 0.29) is 0 Å². The molecule has 0 saturated carbocycles. The Kier molecular flexibility index (Phi) is 5.69. The summed E-state index contributed by atoms with van der Waals surface area (Å²) in [6.07, 6.45) is 4.91. The van der Waals surface area contributed by atoms with Crippen molar-refractivity contribution < 1.29 is 0 Å². The lowest BCUT2D eigenvalue weighted by Gasteiger charge is -2.09. The molecule has 1 nitrogen and oxygen atoms in total. The number of terminal acetylenes is 1. The first-order chi connectivity index (χ1) is 5.35. The molecule has 0 N–H and O–H groups in total. The predicted molar refractivity (Wildman–Crippen MR) is 47.3 cm³/mol. The van der Waals surface area contributed by atoms with Gasteiger partial charge in [-0.05, 0) is 25.7 Å². The maximum atomic E-state index is 4.91. The van der Waals surface area contributed by atoms with Crippen LogP contribution in [0.3, 0.4) is 0 Å². The molecule has 0 heterocycles. The van der Waals surface area contributed by atoms with Gasteiger partial charge in [-0.3, -0.25) is 0 Å². The third-order valence-electron chi connectivity index (χ3n) is 1.17. The summed E-state index contributed by atoms with van der Waals surface area (Å²) in [4.78, 5) is 1.96. The minimum Gasteiger partial charge on any atom is -0.332 e. The summed E-state index contributed by atoms with van der Waals surface area (Å²) >= 11 is 0. The van der Waals surface area contributed by atoms with Gasteiger partial charge in [-0.25, -0.2) is 0 Å². The Morgan fingerprint density at radius 3 is 2.18 bits per heavy atom. The van der Waals surface area contributed by atoms with E-state index in [9.17, 15) is 0 Å². The normalized spacial score (nSPS) is 6.27. The fraction of sp³-hybridized carbons (Fsp3) is 0.400. The molecule has 0 atom stereocenters. The number of hydrogen-bond donors (Lipinski definition) is 0. The summed E-state index contributed by atoms with van der Waals surface area (Å²) in [5.74, 6) is 9.83. The first-order valence-corrected chi connectivity index (χ1v) is 3.56. The summed E-state index contributed by atoms with van der Waals surface area (Å²) in [7, 11) is 0. The first kappa shape index (κ1) is 9.48. The van der Waals surface area contributed by atoms with Gasteiger partial charge in [-0.15, -0.1) is 6.42 Å². The summed E-state index contributed by atoms with van der Waals surface area (Å²) in [5.41, 5.74) is 0. The third kappa shape index (κ3) is 4.95. The predicted octanol–water partition coefficient (Wildman–Crippen LogP) is 0.926. The highest BCUT2D eigenvalue weighted by Crippen LogP contribution is 1.80. The van der Waals surface area contributed by atoms with Gasteiger partial charge in [0.2, 0.25) is 0 Å². The summed E-state index contributed by atoms with van der Waals surface area (Å²) in [6, 6.07) is 2.87. The van der Waals surface area contributed by atoms with E-state index < -0.39 is 0 Å². The largest absolute Gasteiger partial charge is 0.332 e. The highest BCUT2D eigenvalue weighted by Gasteiger charge is 1.85. The molecule has 0 aliphatic carbocycles. The second-order valence-electron chi connectivity index (χ2n) is 1.80. The number of hydrogen-bond acceptors (Lipinski definition) is 1. The van der Waals surface area contributed by atoms with Gasteiger partial charge in [0.15, 0.2) is 0 Å². The highest BCUT2D eigenvalue weighted by molar-refractivity contribution is 5.33. The van der Waals surface area contributed by atoms with Crippen molar-refractivity contribution in [2.45, 2.75) is 13.8 Å². The summed E-state index contributed by atoms with van der Waals surface area (Å²) < 4.78 is 0. The molecule has 1 heteroatoms. The molecule has 0 radical (unpaired) electrons. The molecule has 0 aromatic rings. The van der Waals surface area contributed by atoms with E-state index in [0.717, 1.165) is 13.1 Å². The smallest absolute Gasteiger partial charge is 0.0232 e. The zero-order valence-electron chi connectivity index (χ0n) is 6.94. The maximum absolute atomic E-state index is 4.91. The van der Waals surface area contributed by atoms with E-state index in [1.54, 1.807) is 0 Å². The van der Waals surface area contributed by atoms with Crippen molar-refractivity contribution in [2.75, 3.05) is 13.1 Å². The highest BCUT2D eigenvalue weighted by atomic mass is 15.1. The molecule has 0 amide bonds. The van der Waals surface area contributed by atoms with Crippen LogP contribution < -0.4 is 0 Å². The summed E-state index contributed by atoms with van der Waals surface area (Å²) in [6.45, 7) is 5.93. The molecular weight excluding hydrogens is 134 g/mol. The van der Waals surface area contributed by atoms with Gasteiger partial charge >= 0.3 is 0 Å². The molecule has 56 valence electrons. The molecule has 0 aliphatic heterocycles. The van der Waals surface area contributed by atoms with Gasteiger partial charge in [-0.2, -0.15) is 0 Å². The van der Waals surface area contributed by atoms with Crippen molar-refractivity contribution in [1.29, 1.82) is 0 Å². The van der Waals surface area contributed by atoms with Crippen LogP contribution in [0.1, 0.15) is 13.8 Å². The van der Waals surface area contributed by atoms with Gasteiger partial charge < -0.3 is 4.90 Å². The van der Waals surface area contributed by atoms with Gasteiger partial charge in [0.25, 0.3) is 0 Å². The van der Waals surface area contributed by atoms with E-state index in [4.69, 9.17) is 6.42 Å². The molecular formula is C10H11N. The number of rotatable bonds is 2. The Balaban J connectivity index is 3.96. The summed E-state index contributed by atoms with van der Waals surface area (Å²) in [5, 5.41) is 0. The lowest BCUT2D eigenvalue weighted by molar-refractivity contribution is 0.444. The van der Waals surface area contributed by atoms with E-state index in [1.165, 1.54) is 0 Å². The second-order valence-corrected chi connectivity index (χ2v) is 1.80. The Morgan fingerprint density at radius 1 is 1.09 bits per heavy atom. The molecule has 0 aromatic carbocycles. The van der Waals surface area contributed by atoms with E-state index in [1.807, 2.05) is 18.7 Å². The minimum absolute atomic E-state index is 0.918. The van der Waals surface area contributed by atoms with Crippen molar-refractivity contribution in [3.05, 3.63) is 0 Å². The van der Waals surface area contributed by atoms with Crippen molar-refractivity contribution in [3.63, 3.8) is 0 Å². The van der Waals surface area contributed by atoms with Gasteiger partial charge in [0, 0.05) is 31.0 Å². The zero-order chi connectivity index (χ0) is 8.53. The lowest BCUT2D eigenvalue weighted by atomic mass is 10.5. The first-order valence-electron chi connectivity index (χ1n) is 3.56. The van der Waals surface area contributed by atoms with Crippen LogP contribution in [0.25, 0.3) is 0 Å². The maximum Gasteiger partial charge on any atom is 0.0232 e. The Morgan fingerprint density at radius 2 is 1.73 bits per heavy atom. The standard InChI is InChI=1S/C10H11N/c1-4-7-8-9-10-11(5-2)6-3/h1H,5-6H2,2-3H3. The van der Waals surface area contributed by atoms with Crippen molar-refractivity contribution in [1.82, 2.24) is 4.90 Å². The van der Waals surface area contributed by atoms with Gasteiger partial charge in [0.1, 0.15) is 0 Å². The molecule has 0 bridgehead atoms. The van der Waals surface area contributed by atoms with Crippen molar-refractivity contribution in [2.24, 2.45) is 0 Å². The zero-order valence-corrected chi connectivity index (χ0v) is 6.94. The third-order valence-corrected chi connectivity index (χ3v) is 1.17. The van der Waals surface area contributed by atoms with Crippen molar-refractivity contribution in [3.8, 4) is 36.1 Å². The molecule has 0 unspecified atom stereocenters. The van der Waals surface area contributed by atoms with Gasteiger partial charge in [-0.1, -0.05) is 0 Å². The van der Waals surface area contributed by atoms with E-state index in [0.29, 0.717) is 0 Å². The fourth-order valence-corrected chi connectivity index (χ4v) is 0.556. The SMILES string of the molecule is C#CC#CC#CN(CC)CC. The fourth-order valence-electron chi connectivity index (χ4n) is 0.556. The van der Waals surface area contributed by atoms with Crippen LogP contribution in [0.4, 0.5) is 0 Å². The van der Waals surface area contributed by atoms with E-state index in [2.05, 4.69) is 29.7 Å². The van der Waals surface area contributed by atoms with Crippen LogP contribution in [-0.4, -0.2) is 18.0 Å². The molecule has 0 fully saturated rings. The Labute approximate surface area is 68.8 Å². The molecule has 0 rings (SSSR count). The van der Waals surface area contributed by atoms with Crippen LogP contribution in [0.15, 0.2) is 0 Å². The Hall–Kier alpha value is -1.52. The topological polar surface area (TPSA) is 3.24 Å². The molecule has 11 heavy (non-hydrogen) atoms. The average molecular weight is 145 g/mol. The Bertz CT molecular complexity index is 245.